The molecule has 0 aliphatic carbocycles. The smallest absolute Gasteiger partial charge is 0.271 e. The van der Waals surface area contributed by atoms with E-state index in [2.05, 4.69) is 29.4 Å². The first-order chi connectivity index (χ1) is 10.9. The molecule has 122 valence electrons. The SMILES string of the molecule is CC1(C)COCCC1Nc1c(C(N)=O)nnc2ccc(Cl)cc12. The van der Waals surface area contributed by atoms with Gasteiger partial charge in [0.05, 0.1) is 17.8 Å². The lowest BCUT2D eigenvalue weighted by Crippen LogP contribution is -2.44. The molecule has 1 aliphatic heterocycles. The van der Waals surface area contributed by atoms with E-state index >= 15 is 0 Å². The van der Waals surface area contributed by atoms with E-state index in [0.29, 0.717) is 29.4 Å². The third-order valence-corrected chi connectivity index (χ3v) is 4.48. The van der Waals surface area contributed by atoms with Crippen LogP contribution in [0.4, 0.5) is 5.69 Å². The first-order valence-electron chi connectivity index (χ1n) is 7.48. The number of hydrogen-bond acceptors (Lipinski definition) is 5. The van der Waals surface area contributed by atoms with Crippen LogP contribution in [0.5, 0.6) is 0 Å². The molecular formula is C16H19ClN4O2. The highest BCUT2D eigenvalue weighted by Gasteiger charge is 2.34. The van der Waals surface area contributed by atoms with E-state index < -0.39 is 5.91 Å². The number of carbonyl (C=O) groups excluding carboxylic acids is 1. The number of primary amides is 1. The van der Waals surface area contributed by atoms with Crippen LogP contribution in [-0.2, 0) is 4.74 Å². The number of fused-ring (bicyclic) bond motifs is 1. The van der Waals surface area contributed by atoms with E-state index in [9.17, 15) is 4.79 Å². The predicted octanol–water partition coefficient (Wildman–Crippen LogP) is 2.61. The van der Waals surface area contributed by atoms with Crippen LogP contribution >= 0.6 is 11.6 Å². The summed E-state index contributed by atoms with van der Waals surface area (Å²) in [6, 6.07) is 5.41. The van der Waals surface area contributed by atoms with Gasteiger partial charge in [-0.3, -0.25) is 4.79 Å². The van der Waals surface area contributed by atoms with Crippen molar-refractivity contribution in [2.75, 3.05) is 18.5 Å². The normalized spacial score (nSPS) is 20.4. The number of benzene rings is 1. The summed E-state index contributed by atoms with van der Waals surface area (Å²) < 4.78 is 5.56. The number of amides is 1. The number of rotatable bonds is 3. The second-order valence-electron chi connectivity index (χ2n) is 6.48. The van der Waals surface area contributed by atoms with Gasteiger partial charge >= 0.3 is 0 Å². The third-order valence-electron chi connectivity index (χ3n) is 4.24. The second-order valence-corrected chi connectivity index (χ2v) is 6.91. The van der Waals surface area contributed by atoms with Gasteiger partial charge in [-0.2, -0.15) is 0 Å². The number of halogens is 1. The molecule has 23 heavy (non-hydrogen) atoms. The lowest BCUT2D eigenvalue weighted by Gasteiger charge is -2.39. The Morgan fingerprint density at radius 2 is 2.22 bits per heavy atom. The Kier molecular flexibility index (Phi) is 4.12. The fourth-order valence-corrected chi connectivity index (χ4v) is 3.04. The number of carbonyl (C=O) groups is 1. The number of aromatic nitrogens is 2. The zero-order chi connectivity index (χ0) is 16.6. The Labute approximate surface area is 139 Å². The molecule has 1 aromatic carbocycles. The van der Waals surface area contributed by atoms with Crippen LogP contribution in [0.2, 0.25) is 5.02 Å². The number of hydrogen-bond donors (Lipinski definition) is 2. The molecular weight excluding hydrogens is 316 g/mol. The molecule has 1 saturated heterocycles. The molecule has 3 N–H and O–H groups in total. The summed E-state index contributed by atoms with van der Waals surface area (Å²) in [6.07, 6.45) is 0.829. The molecule has 1 unspecified atom stereocenters. The van der Waals surface area contributed by atoms with E-state index in [4.69, 9.17) is 22.1 Å². The highest BCUT2D eigenvalue weighted by molar-refractivity contribution is 6.31. The molecule has 0 radical (unpaired) electrons. The molecule has 3 rings (SSSR count). The van der Waals surface area contributed by atoms with Crippen molar-refractivity contribution in [2.24, 2.45) is 11.1 Å². The fourth-order valence-electron chi connectivity index (χ4n) is 2.87. The summed E-state index contributed by atoms with van der Waals surface area (Å²) >= 11 is 6.11. The summed E-state index contributed by atoms with van der Waals surface area (Å²) in [4.78, 5) is 11.8. The highest BCUT2D eigenvalue weighted by atomic mass is 35.5. The van der Waals surface area contributed by atoms with Gasteiger partial charge < -0.3 is 15.8 Å². The van der Waals surface area contributed by atoms with E-state index in [1.54, 1.807) is 18.2 Å². The van der Waals surface area contributed by atoms with Crippen molar-refractivity contribution in [2.45, 2.75) is 26.3 Å². The lowest BCUT2D eigenvalue weighted by atomic mass is 9.81. The zero-order valence-corrected chi connectivity index (χ0v) is 13.9. The second kappa shape index (κ2) is 5.94. The summed E-state index contributed by atoms with van der Waals surface area (Å²) in [7, 11) is 0. The van der Waals surface area contributed by atoms with Crippen LogP contribution in [0.25, 0.3) is 10.9 Å². The number of ether oxygens (including phenoxy) is 1. The van der Waals surface area contributed by atoms with Crippen molar-refractivity contribution in [3.63, 3.8) is 0 Å². The average Bonchev–Trinajstić information content (AvgIpc) is 2.49. The lowest BCUT2D eigenvalue weighted by molar-refractivity contribution is 0.00348. The Morgan fingerprint density at radius 1 is 1.43 bits per heavy atom. The van der Waals surface area contributed by atoms with Gasteiger partial charge in [-0.25, -0.2) is 0 Å². The number of nitrogens with two attached hydrogens (primary N) is 1. The van der Waals surface area contributed by atoms with Crippen molar-refractivity contribution in [3.05, 3.63) is 28.9 Å². The van der Waals surface area contributed by atoms with Gasteiger partial charge in [-0.15, -0.1) is 10.2 Å². The van der Waals surface area contributed by atoms with Crippen LogP contribution in [0.1, 0.15) is 30.8 Å². The molecule has 0 spiro atoms. The first-order valence-corrected chi connectivity index (χ1v) is 7.86. The van der Waals surface area contributed by atoms with Crippen LogP contribution < -0.4 is 11.1 Å². The van der Waals surface area contributed by atoms with Gasteiger partial charge in [0, 0.05) is 28.5 Å². The standard InChI is InChI=1S/C16H19ClN4O2/c1-16(2)8-23-6-5-12(16)19-13-10-7-9(17)3-4-11(10)20-21-14(13)15(18)22/h3-4,7,12H,5-6,8H2,1-2H3,(H2,18,22)(H,19,20). The van der Waals surface area contributed by atoms with Gasteiger partial charge in [0.15, 0.2) is 5.69 Å². The predicted molar refractivity (Wildman–Crippen MR) is 89.7 cm³/mol. The first kappa shape index (κ1) is 16.0. The van der Waals surface area contributed by atoms with Crippen molar-refractivity contribution >= 4 is 34.1 Å². The minimum absolute atomic E-state index is 0.0820. The highest BCUT2D eigenvalue weighted by Crippen LogP contribution is 2.34. The topological polar surface area (TPSA) is 90.1 Å². The molecule has 1 aliphatic rings. The molecule has 2 aromatic rings. The van der Waals surface area contributed by atoms with Crippen molar-refractivity contribution in [1.82, 2.24) is 10.2 Å². The average molecular weight is 335 g/mol. The van der Waals surface area contributed by atoms with Gasteiger partial charge in [0.1, 0.15) is 0 Å². The summed E-state index contributed by atoms with van der Waals surface area (Å²) in [6.45, 7) is 5.56. The Hall–Kier alpha value is -1.92. The van der Waals surface area contributed by atoms with E-state index in [1.165, 1.54) is 0 Å². The van der Waals surface area contributed by atoms with Crippen molar-refractivity contribution in [3.8, 4) is 0 Å². The molecule has 6 nitrogen and oxygen atoms in total. The van der Waals surface area contributed by atoms with Crippen LogP contribution in [0.3, 0.4) is 0 Å². The maximum Gasteiger partial charge on any atom is 0.271 e. The van der Waals surface area contributed by atoms with Crippen LogP contribution in [0, 0.1) is 5.41 Å². The maximum absolute atomic E-state index is 11.8. The number of anilines is 1. The van der Waals surface area contributed by atoms with Crippen molar-refractivity contribution < 1.29 is 9.53 Å². The Bertz CT molecular complexity index is 763. The number of nitrogens with zero attached hydrogens (tertiary/aromatic N) is 2. The van der Waals surface area contributed by atoms with E-state index in [0.717, 1.165) is 11.8 Å². The van der Waals surface area contributed by atoms with Crippen molar-refractivity contribution in [1.29, 1.82) is 0 Å². The minimum atomic E-state index is -0.619. The zero-order valence-electron chi connectivity index (χ0n) is 13.1. The third kappa shape index (κ3) is 3.09. The largest absolute Gasteiger partial charge is 0.381 e. The van der Waals surface area contributed by atoms with Crippen LogP contribution in [-0.4, -0.2) is 35.4 Å². The molecule has 0 bridgehead atoms. The molecule has 1 aromatic heterocycles. The Balaban J connectivity index is 2.11. The molecule has 1 fully saturated rings. The summed E-state index contributed by atoms with van der Waals surface area (Å²) in [5.74, 6) is -0.619. The van der Waals surface area contributed by atoms with E-state index in [1.807, 2.05) is 0 Å². The maximum atomic E-state index is 11.8. The van der Waals surface area contributed by atoms with Gasteiger partial charge in [-0.1, -0.05) is 25.4 Å². The summed E-state index contributed by atoms with van der Waals surface area (Å²) in [5.41, 5.74) is 6.77. The van der Waals surface area contributed by atoms with Gasteiger partial charge in [-0.05, 0) is 24.6 Å². The molecule has 7 heteroatoms. The summed E-state index contributed by atoms with van der Waals surface area (Å²) in [5, 5.41) is 12.8. The molecule has 1 atom stereocenters. The van der Waals surface area contributed by atoms with Crippen LogP contribution in [0.15, 0.2) is 18.2 Å². The van der Waals surface area contributed by atoms with E-state index in [-0.39, 0.29) is 17.2 Å². The molecule has 0 saturated carbocycles. The quantitative estimate of drug-likeness (QED) is 0.900. The number of nitrogens with one attached hydrogen (secondary N) is 1. The van der Waals surface area contributed by atoms with Gasteiger partial charge in [0.2, 0.25) is 0 Å². The van der Waals surface area contributed by atoms with Gasteiger partial charge in [0.25, 0.3) is 5.91 Å². The Morgan fingerprint density at radius 3 is 2.91 bits per heavy atom. The molecule has 2 heterocycles. The molecule has 1 amide bonds. The fraction of sp³-hybridized carbons (Fsp3) is 0.438. The monoisotopic (exact) mass is 334 g/mol. The minimum Gasteiger partial charge on any atom is -0.381 e.